The number of rotatable bonds is 5. The molecule has 1 N–H and O–H groups in total. The molecule has 1 aromatic rings. The normalized spacial score (nSPS) is 19.1. The summed E-state index contributed by atoms with van der Waals surface area (Å²) in [6.07, 6.45) is 8.35. The molecule has 4 heteroatoms. The molecular weight excluding hydrogens is 202 g/mol. The van der Waals surface area contributed by atoms with Crippen LogP contribution >= 0.6 is 0 Å². The van der Waals surface area contributed by atoms with Crippen LogP contribution in [0.15, 0.2) is 18.5 Å². The monoisotopic (exact) mass is 223 g/mol. The molecule has 0 bridgehead atoms. The van der Waals surface area contributed by atoms with Crippen LogP contribution in [0.4, 0.5) is 0 Å². The molecule has 0 aliphatic carbocycles. The molecule has 1 fully saturated rings. The van der Waals surface area contributed by atoms with Crippen LogP contribution in [0.2, 0.25) is 0 Å². The fourth-order valence-corrected chi connectivity index (χ4v) is 2.35. The van der Waals surface area contributed by atoms with Crippen LogP contribution in [0.3, 0.4) is 0 Å². The molecular formula is C12H21N3O. The highest BCUT2D eigenvalue weighted by atomic mass is 16.2. The third-order valence-corrected chi connectivity index (χ3v) is 3.34. The smallest absolute Gasteiger partial charge is 0.0543 e. The molecule has 0 unspecified atom stereocenters. The summed E-state index contributed by atoms with van der Waals surface area (Å²) < 4.78 is 2.09. The van der Waals surface area contributed by atoms with E-state index in [9.17, 15) is 0 Å². The lowest BCUT2D eigenvalue weighted by Crippen LogP contribution is -2.35. The highest BCUT2D eigenvalue weighted by molar-refractivity contribution is 4.84. The van der Waals surface area contributed by atoms with Crippen LogP contribution in [0.5, 0.6) is 0 Å². The van der Waals surface area contributed by atoms with Crippen LogP contribution in [-0.4, -0.2) is 46.0 Å². The molecule has 1 aliphatic rings. The summed E-state index contributed by atoms with van der Waals surface area (Å²) in [5.41, 5.74) is 0. The second-order valence-electron chi connectivity index (χ2n) is 4.49. The van der Waals surface area contributed by atoms with Gasteiger partial charge in [0.25, 0.3) is 0 Å². The van der Waals surface area contributed by atoms with Crippen molar-refractivity contribution in [3.05, 3.63) is 18.5 Å². The molecule has 1 saturated heterocycles. The summed E-state index contributed by atoms with van der Waals surface area (Å²) in [5, 5.41) is 13.0. The minimum atomic E-state index is 0.323. The summed E-state index contributed by atoms with van der Waals surface area (Å²) in [4.78, 5) is 2.50. The summed E-state index contributed by atoms with van der Waals surface area (Å²) in [6.45, 7) is 3.78. The van der Waals surface area contributed by atoms with Gasteiger partial charge in [0, 0.05) is 32.1 Å². The van der Waals surface area contributed by atoms with Crippen molar-refractivity contribution in [2.75, 3.05) is 26.2 Å². The number of aliphatic hydroxyl groups is 1. The maximum absolute atomic E-state index is 8.73. The Balaban J connectivity index is 1.70. The molecule has 0 spiro atoms. The van der Waals surface area contributed by atoms with E-state index in [1.807, 2.05) is 12.3 Å². The predicted molar refractivity (Wildman–Crippen MR) is 63.3 cm³/mol. The molecule has 0 amide bonds. The van der Waals surface area contributed by atoms with Crippen molar-refractivity contribution < 1.29 is 5.11 Å². The third-order valence-electron chi connectivity index (χ3n) is 3.34. The van der Waals surface area contributed by atoms with Crippen molar-refractivity contribution in [2.24, 2.45) is 0 Å². The lowest BCUT2D eigenvalue weighted by atomic mass is 10.1. The van der Waals surface area contributed by atoms with Gasteiger partial charge in [-0.2, -0.15) is 5.10 Å². The number of likely N-dealkylation sites (tertiary alicyclic amines) is 1. The summed E-state index contributed by atoms with van der Waals surface area (Å²) in [7, 11) is 0. The zero-order valence-corrected chi connectivity index (χ0v) is 9.76. The Hall–Kier alpha value is -0.870. The minimum absolute atomic E-state index is 0.323. The maximum atomic E-state index is 8.73. The van der Waals surface area contributed by atoms with Gasteiger partial charge in [0.05, 0.1) is 6.04 Å². The van der Waals surface area contributed by atoms with Gasteiger partial charge in [-0.05, 0) is 38.3 Å². The van der Waals surface area contributed by atoms with Crippen molar-refractivity contribution in [3.8, 4) is 0 Å². The molecule has 0 saturated carbocycles. The lowest BCUT2D eigenvalue weighted by Gasteiger charge is -2.31. The minimum Gasteiger partial charge on any atom is -0.396 e. The van der Waals surface area contributed by atoms with E-state index in [2.05, 4.69) is 20.9 Å². The van der Waals surface area contributed by atoms with Gasteiger partial charge in [0.2, 0.25) is 0 Å². The van der Waals surface area contributed by atoms with E-state index in [4.69, 9.17) is 5.11 Å². The first-order chi connectivity index (χ1) is 7.90. The average Bonchev–Trinajstić information content (AvgIpc) is 2.84. The quantitative estimate of drug-likeness (QED) is 0.765. The van der Waals surface area contributed by atoms with Gasteiger partial charge in [-0.25, -0.2) is 0 Å². The van der Waals surface area contributed by atoms with Gasteiger partial charge in [0.1, 0.15) is 0 Å². The first kappa shape index (κ1) is 11.6. The first-order valence-corrected chi connectivity index (χ1v) is 6.22. The van der Waals surface area contributed by atoms with Gasteiger partial charge in [-0.1, -0.05) is 0 Å². The SMILES string of the molecule is OCCCCN1CCC(n2cccn2)CC1. The highest BCUT2D eigenvalue weighted by Crippen LogP contribution is 2.21. The first-order valence-electron chi connectivity index (χ1n) is 6.22. The molecule has 0 radical (unpaired) electrons. The standard InChI is InChI=1S/C12H21N3O/c16-11-2-1-7-14-9-4-12(5-10-14)15-8-3-6-13-15/h3,6,8,12,16H,1-2,4-5,7,9-11H2. The molecule has 2 rings (SSSR count). The van der Waals surface area contributed by atoms with Crippen molar-refractivity contribution in [1.29, 1.82) is 0 Å². The van der Waals surface area contributed by atoms with Gasteiger partial charge in [-0.15, -0.1) is 0 Å². The number of unbranched alkanes of at least 4 members (excludes halogenated alkanes) is 1. The lowest BCUT2D eigenvalue weighted by molar-refractivity contribution is 0.172. The number of nitrogens with zero attached hydrogens (tertiary/aromatic N) is 3. The Labute approximate surface area is 96.9 Å². The molecule has 4 nitrogen and oxygen atoms in total. The number of piperidine rings is 1. The van der Waals surface area contributed by atoms with E-state index >= 15 is 0 Å². The van der Waals surface area contributed by atoms with Gasteiger partial charge < -0.3 is 10.0 Å². The Morgan fingerprint density at radius 3 is 2.69 bits per heavy atom. The predicted octanol–water partition coefficient (Wildman–Crippen LogP) is 1.29. The van der Waals surface area contributed by atoms with Crippen LogP contribution < -0.4 is 0 Å². The topological polar surface area (TPSA) is 41.3 Å². The molecule has 1 aromatic heterocycles. The van der Waals surface area contributed by atoms with Gasteiger partial charge in [-0.3, -0.25) is 4.68 Å². The molecule has 0 atom stereocenters. The van der Waals surface area contributed by atoms with Crippen LogP contribution in [0.25, 0.3) is 0 Å². The largest absolute Gasteiger partial charge is 0.396 e. The van der Waals surface area contributed by atoms with Crippen LogP contribution in [0, 0.1) is 0 Å². The Bertz CT molecular complexity index is 278. The summed E-state index contributed by atoms with van der Waals surface area (Å²) in [6, 6.07) is 2.58. The zero-order chi connectivity index (χ0) is 11.2. The molecule has 2 heterocycles. The Morgan fingerprint density at radius 1 is 1.25 bits per heavy atom. The van der Waals surface area contributed by atoms with Crippen molar-refractivity contribution >= 4 is 0 Å². The van der Waals surface area contributed by atoms with Crippen molar-refractivity contribution in [1.82, 2.24) is 14.7 Å². The third kappa shape index (κ3) is 3.06. The van der Waals surface area contributed by atoms with Crippen molar-refractivity contribution in [3.63, 3.8) is 0 Å². The average molecular weight is 223 g/mol. The van der Waals surface area contributed by atoms with E-state index in [-0.39, 0.29) is 0 Å². The molecule has 1 aliphatic heterocycles. The summed E-state index contributed by atoms with van der Waals surface area (Å²) >= 11 is 0. The van der Waals surface area contributed by atoms with Crippen molar-refractivity contribution in [2.45, 2.75) is 31.7 Å². The Kier molecular flexibility index (Phi) is 4.36. The second-order valence-corrected chi connectivity index (χ2v) is 4.49. The van der Waals surface area contributed by atoms with E-state index < -0.39 is 0 Å². The summed E-state index contributed by atoms with van der Waals surface area (Å²) in [5.74, 6) is 0. The Morgan fingerprint density at radius 2 is 2.06 bits per heavy atom. The zero-order valence-electron chi connectivity index (χ0n) is 9.76. The van der Waals surface area contributed by atoms with Crippen LogP contribution in [-0.2, 0) is 0 Å². The molecule has 16 heavy (non-hydrogen) atoms. The number of aliphatic hydroxyl groups excluding tert-OH is 1. The number of hydrogen-bond acceptors (Lipinski definition) is 3. The molecule has 90 valence electrons. The van der Waals surface area contributed by atoms with Gasteiger partial charge >= 0.3 is 0 Å². The van der Waals surface area contributed by atoms with E-state index in [0.717, 1.165) is 32.5 Å². The maximum Gasteiger partial charge on any atom is 0.0543 e. The van der Waals surface area contributed by atoms with E-state index in [1.54, 1.807) is 0 Å². The van der Waals surface area contributed by atoms with E-state index in [0.29, 0.717) is 12.6 Å². The fourth-order valence-electron chi connectivity index (χ4n) is 2.35. The second kappa shape index (κ2) is 6.01. The molecule has 0 aromatic carbocycles. The van der Waals surface area contributed by atoms with Crippen LogP contribution in [0.1, 0.15) is 31.7 Å². The fraction of sp³-hybridized carbons (Fsp3) is 0.750. The van der Waals surface area contributed by atoms with E-state index in [1.165, 1.54) is 12.8 Å². The number of aromatic nitrogens is 2. The highest BCUT2D eigenvalue weighted by Gasteiger charge is 2.19. The van der Waals surface area contributed by atoms with Gasteiger partial charge in [0.15, 0.2) is 0 Å². The number of hydrogen-bond donors (Lipinski definition) is 1.